The lowest BCUT2D eigenvalue weighted by Crippen LogP contribution is -2.41. The molecule has 0 bridgehead atoms. The van der Waals surface area contributed by atoms with Gasteiger partial charge in [0.15, 0.2) is 0 Å². The molecular formula is C12H24N2O. The summed E-state index contributed by atoms with van der Waals surface area (Å²) in [5, 5.41) is 6.42. The van der Waals surface area contributed by atoms with Crippen LogP contribution in [0.4, 0.5) is 0 Å². The summed E-state index contributed by atoms with van der Waals surface area (Å²) in [6, 6.07) is 0.380. The highest BCUT2D eigenvalue weighted by Gasteiger charge is 2.31. The van der Waals surface area contributed by atoms with Crippen LogP contribution in [0.15, 0.2) is 0 Å². The van der Waals surface area contributed by atoms with Gasteiger partial charge in [0.1, 0.15) is 0 Å². The van der Waals surface area contributed by atoms with E-state index in [0.29, 0.717) is 6.04 Å². The molecule has 0 aromatic rings. The largest absolute Gasteiger partial charge is 0.355 e. The smallest absolute Gasteiger partial charge is 0.224 e. The van der Waals surface area contributed by atoms with E-state index in [1.807, 2.05) is 0 Å². The minimum atomic E-state index is 0.170. The Hall–Kier alpha value is -0.570. The summed E-state index contributed by atoms with van der Waals surface area (Å²) in [4.78, 5) is 11.9. The van der Waals surface area contributed by atoms with E-state index < -0.39 is 0 Å². The third-order valence-corrected chi connectivity index (χ3v) is 2.92. The van der Waals surface area contributed by atoms with Crippen LogP contribution in [0.1, 0.15) is 40.5 Å². The Morgan fingerprint density at radius 1 is 1.47 bits per heavy atom. The average Bonchev–Trinajstić information content (AvgIpc) is 2.60. The van der Waals surface area contributed by atoms with Gasteiger partial charge in [-0.05, 0) is 24.8 Å². The molecule has 1 heterocycles. The maximum Gasteiger partial charge on any atom is 0.224 e. The zero-order valence-electron chi connectivity index (χ0n) is 10.4. The highest BCUT2D eigenvalue weighted by Crippen LogP contribution is 2.19. The molecule has 2 atom stereocenters. The molecule has 0 aliphatic carbocycles. The molecule has 1 amide bonds. The molecule has 3 nitrogen and oxygen atoms in total. The van der Waals surface area contributed by atoms with Crippen LogP contribution >= 0.6 is 0 Å². The number of rotatable bonds is 3. The van der Waals surface area contributed by atoms with E-state index in [1.165, 1.54) is 0 Å². The molecular weight excluding hydrogens is 188 g/mol. The SMILES string of the molecule is CCC1NCCC1C(=O)NCC(C)(C)C. The summed E-state index contributed by atoms with van der Waals surface area (Å²) in [6.45, 7) is 10.3. The molecule has 0 radical (unpaired) electrons. The van der Waals surface area contributed by atoms with Crippen molar-refractivity contribution in [1.82, 2.24) is 10.6 Å². The van der Waals surface area contributed by atoms with Gasteiger partial charge in [0.05, 0.1) is 5.92 Å². The van der Waals surface area contributed by atoms with E-state index in [4.69, 9.17) is 0 Å². The molecule has 15 heavy (non-hydrogen) atoms. The van der Waals surface area contributed by atoms with Crippen molar-refractivity contribution in [2.45, 2.75) is 46.6 Å². The first-order chi connectivity index (χ1) is 6.94. The van der Waals surface area contributed by atoms with Gasteiger partial charge < -0.3 is 10.6 Å². The standard InChI is InChI=1S/C12H24N2O/c1-5-10-9(6-7-13-10)11(15)14-8-12(2,3)4/h9-10,13H,5-8H2,1-4H3,(H,14,15). The molecule has 0 aromatic heterocycles. The minimum absolute atomic E-state index is 0.170. The van der Waals surface area contributed by atoms with Gasteiger partial charge in [-0.1, -0.05) is 27.7 Å². The fourth-order valence-corrected chi connectivity index (χ4v) is 1.99. The molecule has 1 rings (SSSR count). The van der Waals surface area contributed by atoms with Gasteiger partial charge in [0, 0.05) is 12.6 Å². The summed E-state index contributed by atoms with van der Waals surface area (Å²) >= 11 is 0. The number of carbonyl (C=O) groups excluding carboxylic acids is 1. The van der Waals surface area contributed by atoms with E-state index in [9.17, 15) is 4.79 Å². The predicted molar refractivity (Wildman–Crippen MR) is 62.7 cm³/mol. The number of nitrogens with one attached hydrogen (secondary N) is 2. The van der Waals surface area contributed by atoms with Crippen LogP contribution in [0.3, 0.4) is 0 Å². The second kappa shape index (κ2) is 4.97. The van der Waals surface area contributed by atoms with Crippen molar-refractivity contribution in [3.8, 4) is 0 Å². The molecule has 2 N–H and O–H groups in total. The Morgan fingerprint density at radius 2 is 2.13 bits per heavy atom. The monoisotopic (exact) mass is 212 g/mol. The van der Waals surface area contributed by atoms with E-state index in [-0.39, 0.29) is 17.2 Å². The second-order valence-corrected chi connectivity index (χ2v) is 5.64. The highest BCUT2D eigenvalue weighted by atomic mass is 16.1. The Balaban J connectivity index is 2.40. The fourth-order valence-electron chi connectivity index (χ4n) is 1.99. The van der Waals surface area contributed by atoms with Crippen LogP contribution in [-0.2, 0) is 4.79 Å². The first kappa shape index (κ1) is 12.5. The third-order valence-electron chi connectivity index (χ3n) is 2.92. The van der Waals surface area contributed by atoms with Gasteiger partial charge >= 0.3 is 0 Å². The van der Waals surface area contributed by atoms with Crippen molar-refractivity contribution in [3.63, 3.8) is 0 Å². The van der Waals surface area contributed by atoms with Crippen LogP contribution < -0.4 is 10.6 Å². The van der Waals surface area contributed by atoms with Gasteiger partial charge in [-0.3, -0.25) is 4.79 Å². The molecule has 1 saturated heterocycles. The van der Waals surface area contributed by atoms with E-state index in [1.54, 1.807) is 0 Å². The Labute approximate surface area is 93.0 Å². The summed E-state index contributed by atoms with van der Waals surface area (Å²) < 4.78 is 0. The Morgan fingerprint density at radius 3 is 2.67 bits per heavy atom. The van der Waals surface area contributed by atoms with Gasteiger partial charge in [0.2, 0.25) is 5.91 Å². The van der Waals surface area contributed by atoms with Gasteiger partial charge in [-0.15, -0.1) is 0 Å². The molecule has 3 heteroatoms. The predicted octanol–water partition coefficient (Wildman–Crippen LogP) is 1.54. The fraction of sp³-hybridized carbons (Fsp3) is 0.917. The summed E-state index contributed by atoms with van der Waals surface area (Å²) in [6.07, 6.45) is 2.02. The molecule has 88 valence electrons. The lowest BCUT2D eigenvalue weighted by Gasteiger charge is -2.22. The maximum absolute atomic E-state index is 11.9. The normalized spacial score (nSPS) is 26.7. The van der Waals surface area contributed by atoms with Crippen LogP contribution in [0.2, 0.25) is 0 Å². The molecule has 2 unspecified atom stereocenters. The molecule has 0 aromatic carbocycles. The number of carbonyl (C=O) groups is 1. The summed E-state index contributed by atoms with van der Waals surface area (Å²) in [7, 11) is 0. The average molecular weight is 212 g/mol. The van der Waals surface area contributed by atoms with E-state index >= 15 is 0 Å². The number of amides is 1. The Bertz CT molecular complexity index is 220. The first-order valence-electron chi connectivity index (χ1n) is 5.95. The molecule has 1 fully saturated rings. The summed E-state index contributed by atoms with van der Waals surface area (Å²) in [5.74, 6) is 0.402. The molecule has 0 spiro atoms. The van der Waals surface area contributed by atoms with Crippen LogP contribution in [0.25, 0.3) is 0 Å². The van der Waals surface area contributed by atoms with Gasteiger partial charge in [0.25, 0.3) is 0 Å². The van der Waals surface area contributed by atoms with Gasteiger partial charge in [-0.2, -0.15) is 0 Å². The van der Waals surface area contributed by atoms with Crippen molar-refractivity contribution < 1.29 is 4.79 Å². The molecule has 1 aliphatic heterocycles. The topological polar surface area (TPSA) is 41.1 Å². The quantitative estimate of drug-likeness (QED) is 0.745. The zero-order valence-corrected chi connectivity index (χ0v) is 10.4. The first-order valence-corrected chi connectivity index (χ1v) is 5.95. The van der Waals surface area contributed by atoms with E-state index in [2.05, 4.69) is 38.3 Å². The highest BCUT2D eigenvalue weighted by molar-refractivity contribution is 5.79. The zero-order chi connectivity index (χ0) is 11.5. The lowest BCUT2D eigenvalue weighted by molar-refractivity contribution is -0.125. The van der Waals surface area contributed by atoms with Crippen molar-refractivity contribution in [3.05, 3.63) is 0 Å². The third kappa shape index (κ3) is 3.82. The van der Waals surface area contributed by atoms with Crippen molar-refractivity contribution in [2.75, 3.05) is 13.1 Å². The molecule has 1 aliphatic rings. The second-order valence-electron chi connectivity index (χ2n) is 5.64. The minimum Gasteiger partial charge on any atom is -0.355 e. The maximum atomic E-state index is 11.9. The van der Waals surface area contributed by atoms with Crippen molar-refractivity contribution >= 4 is 5.91 Å². The number of hydrogen-bond donors (Lipinski definition) is 2. The van der Waals surface area contributed by atoms with Crippen molar-refractivity contribution in [2.24, 2.45) is 11.3 Å². The van der Waals surface area contributed by atoms with Crippen LogP contribution in [0, 0.1) is 11.3 Å². The Kier molecular flexibility index (Phi) is 4.14. The van der Waals surface area contributed by atoms with E-state index in [0.717, 1.165) is 25.9 Å². The molecule has 0 saturated carbocycles. The van der Waals surface area contributed by atoms with Gasteiger partial charge in [-0.25, -0.2) is 0 Å². The summed E-state index contributed by atoms with van der Waals surface area (Å²) in [5.41, 5.74) is 0.170. The van der Waals surface area contributed by atoms with Crippen LogP contribution in [0.5, 0.6) is 0 Å². The van der Waals surface area contributed by atoms with Crippen molar-refractivity contribution in [1.29, 1.82) is 0 Å². The number of hydrogen-bond acceptors (Lipinski definition) is 2. The lowest BCUT2D eigenvalue weighted by atomic mass is 9.94. The van der Waals surface area contributed by atoms with Crippen LogP contribution in [-0.4, -0.2) is 25.0 Å².